The molecular weight excluding hydrogens is 984 g/mol. The summed E-state index contributed by atoms with van der Waals surface area (Å²) in [5.41, 5.74) is 5.61. The lowest BCUT2D eigenvalue weighted by Crippen LogP contribution is -2.29. The smallest absolute Gasteiger partial charge is 0.496 e. The third kappa shape index (κ3) is 15.7. The molecule has 2 aliphatic carbocycles. The highest BCUT2D eigenvalue weighted by molar-refractivity contribution is 5.84. The normalized spacial score (nSPS) is 19.9. The minimum Gasteiger partial charge on any atom is -0.496 e. The van der Waals surface area contributed by atoms with Crippen molar-refractivity contribution < 1.29 is 51.1 Å². The Morgan fingerprint density at radius 3 is 1.26 bits per heavy atom. The van der Waals surface area contributed by atoms with E-state index < -0.39 is 23.7 Å². The van der Waals surface area contributed by atoms with E-state index in [-0.39, 0.29) is 34.4 Å². The molecule has 0 unspecified atom stereocenters. The van der Waals surface area contributed by atoms with Crippen LogP contribution >= 0.6 is 0 Å². The van der Waals surface area contributed by atoms with Crippen LogP contribution in [-0.2, 0) is 12.8 Å². The van der Waals surface area contributed by atoms with E-state index in [0.717, 1.165) is 89.4 Å². The molecule has 0 aliphatic heterocycles. The van der Waals surface area contributed by atoms with Crippen molar-refractivity contribution in [2.45, 2.75) is 176 Å². The standard InChI is InChI=1S/C30H41F2N3O3.C29H38F3N3O3/c1-19-14-22(18-28(2,3)17-19)35-25-16-26(37-7)20(12-13-29(4,5)36)15-24(25)34-27(35)33-21-8-10-23(11-9-21)38-30(6,31)32;1-18-13-21(17-27(2,3)16-18)35-24-15-25(37-6)19(11-12-28(4,5)36)14-23(24)34-26(35)33-20-7-9-22(10-8-20)38-29(30,31)32/h8-11,15-16,19,22,36H,12-14,17-18H2,1-7H3,(H,33,34);7-10,14-15,18,21,36H,11-13,16-17H2,1-6H3,(H,33,34)/t19-,22+;18-,21+/m10/s1. The predicted molar refractivity (Wildman–Crippen MR) is 291 cm³/mol. The average Bonchev–Trinajstić information content (AvgIpc) is 3.81. The number of aryl methyl sites for hydroxylation is 2. The second-order valence-electron chi connectivity index (χ2n) is 24.4. The lowest BCUT2D eigenvalue weighted by Gasteiger charge is -2.40. The van der Waals surface area contributed by atoms with Gasteiger partial charge in [0, 0.05) is 42.5 Å². The van der Waals surface area contributed by atoms with Gasteiger partial charge in [-0.2, -0.15) is 8.78 Å². The van der Waals surface area contributed by atoms with Crippen LogP contribution in [-0.4, -0.2) is 67.2 Å². The van der Waals surface area contributed by atoms with Gasteiger partial charge in [0.05, 0.1) is 47.5 Å². The lowest BCUT2D eigenvalue weighted by molar-refractivity contribution is -0.274. The van der Waals surface area contributed by atoms with Gasteiger partial charge in [-0.15, -0.1) is 13.2 Å². The van der Waals surface area contributed by atoms with Gasteiger partial charge in [-0.05, 0) is 186 Å². The maximum Gasteiger partial charge on any atom is 0.573 e. The second-order valence-corrected chi connectivity index (χ2v) is 24.4. The Balaban J connectivity index is 0.000000221. The first-order valence-corrected chi connectivity index (χ1v) is 26.4. The Kier molecular flexibility index (Phi) is 17.0. The number of anilines is 4. The van der Waals surface area contributed by atoms with Crippen LogP contribution in [0.1, 0.15) is 151 Å². The minimum absolute atomic E-state index is 0.0978. The quantitative estimate of drug-likeness (QED) is 0.0654. The van der Waals surface area contributed by atoms with Gasteiger partial charge in [-0.3, -0.25) is 0 Å². The summed E-state index contributed by atoms with van der Waals surface area (Å²) < 4.78 is 89.1. The number of nitrogens with zero attached hydrogens (tertiary/aromatic N) is 4. The Bertz CT molecular complexity index is 2720. The molecule has 6 aromatic rings. The summed E-state index contributed by atoms with van der Waals surface area (Å²) in [5.74, 6) is 3.76. The van der Waals surface area contributed by atoms with E-state index >= 15 is 0 Å². The summed E-state index contributed by atoms with van der Waals surface area (Å²) in [4.78, 5) is 9.94. The summed E-state index contributed by atoms with van der Waals surface area (Å²) in [6, 6.07) is 20.7. The molecule has 0 bridgehead atoms. The molecular formula is C59H79F5N6O6. The van der Waals surface area contributed by atoms with Crippen LogP contribution in [0.3, 0.4) is 0 Å². The van der Waals surface area contributed by atoms with Gasteiger partial charge in [0.25, 0.3) is 0 Å². The molecule has 2 aliphatic rings. The Hall–Kier alpha value is -5.81. The number of hydrogen-bond acceptors (Lipinski definition) is 10. The Morgan fingerprint density at radius 1 is 0.579 bits per heavy atom. The summed E-state index contributed by atoms with van der Waals surface area (Å²) in [5, 5.41) is 27.3. The monoisotopic (exact) mass is 1060 g/mol. The highest BCUT2D eigenvalue weighted by atomic mass is 19.4. The van der Waals surface area contributed by atoms with Crippen LogP contribution in [0.5, 0.6) is 23.0 Å². The van der Waals surface area contributed by atoms with E-state index in [1.165, 1.54) is 30.7 Å². The van der Waals surface area contributed by atoms with Gasteiger partial charge < -0.3 is 48.9 Å². The number of alkyl halides is 5. The molecule has 2 fully saturated rings. The molecule has 0 spiro atoms. The first-order valence-electron chi connectivity index (χ1n) is 26.4. The molecule has 4 N–H and O–H groups in total. The van der Waals surface area contributed by atoms with Crippen molar-refractivity contribution in [3.63, 3.8) is 0 Å². The van der Waals surface area contributed by atoms with Crippen molar-refractivity contribution in [3.05, 3.63) is 83.9 Å². The summed E-state index contributed by atoms with van der Waals surface area (Å²) >= 11 is 0. The minimum atomic E-state index is -4.74. The number of halogens is 5. The molecule has 12 nitrogen and oxygen atoms in total. The van der Waals surface area contributed by atoms with Crippen molar-refractivity contribution in [2.24, 2.45) is 22.7 Å². The molecule has 76 heavy (non-hydrogen) atoms. The first kappa shape index (κ1) is 57.9. The maximum atomic E-state index is 13.3. The zero-order chi connectivity index (χ0) is 55.8. The number of benzene rings is 4. The van der Waals surface area contributed by atoms with Gasteiger partial charge in [-0.1, -0.05) is 41.5 Å². The number of aliphatic hydroxyl groups is 2. The van der Waals surface area contributed by atoms with Crippen LogP contribution in [0.2, 0.25) is 0 Å². The second kappa shape index (κ2) is 22.3. The number of methoxy groups -OCH3 is 2. The van der Waals surface area contributed by atoms with Crippen molar-refractivity contribution in [3.8, 4) is 23.0 Å². The van der Waals surface area contributed by atoms with E-state index in [9.17, 15) is 32.2 Å². The molecule has 416 valence electrons. The summed E-state index contributed by atoms with van der Waals surface area (Å²) in [6.45, 7) is 21.7. The maximum absolute atomic E-state index is 13.3. The van der Waals surface area contributed by atoms with Crippen molar-refractivity contribution in [2.75, 3.05) is 24.9 Å². The third-order valence-corrected chi connectivity index (χ3v) is 14.4. The van der Waals surface area contributed by atoms with Crippen LogP contribution in [0, 0.1) is 22.7 Å². The van der Waals surface area contributed by atoms with Gasteiger partial charge in [0.15, 0.2) is 0 Å². The number of nitrogens with one attached hydrogen (secondary N) is 2. The van der Waals surface area contributed by atoms with Crippen molar-refractivity contribution in [1.29, 1.82) is 0 Å². The van der Waals surface area contributed by atoms with E-state index in [2.05, 4.69) is 82.9 Å². The number of imidazole rings is 2. The number of fused-ring (bicyclic) bond motifs is 2. The van der Waals surface area contributed by atoms with Crippen molar-refractivity contribution in [1.82, 2.24) is 19.1 Å². The summed E-state index contributed by atoms with van der Waals surface area (Å²) in [7, 11) is 3.31. The van der Waals surface area contributed by atoms with Crippen LogP contribution in [0.15, 0.2) is 72.8 Å². The van der Waals surface area contributed by atoms with E-state index in [1.807, 2.05) is 12.1 Å². The Morgan fingerprint density at radius 2 is 0.947 bits per heavy atom. The number of hydrogen-bond donors (Lipinski definition) is 4. The highest BCUT2D eigenvalue weighted by Crippen LogP contribution is 2.48. The van der Waals surface area contributed by atoms with E-state index in [1.54, 1.807) is 66.2 Å². The van der Waals surface area contributed by atoms with Gasteiger partial charge in [0.2, 0.25) is 11.9 Å². The lowest BCUT2D eigenvalue weighted by atomic mass is 9.70. The van der Waals surface area contributed by atoms with E-state index in [4.69, 9.17) is 19.4 Å². The largest absolute Gasteiger partial charge is 0.573 e. The topological polar surface area (TPSA) is 137 Å². The number of aromatic nitrogens is 4. The molecule has 0 amide bonds. The molecule has 0 saturated heterocycles. The fourth-order valence-electron chi connectivity index (χ4n) is 11.7. The number of ether oxygens (including phenoxy) is 4. The average molecular weight is 1060 g/mol. The molecule has 2 saturated carbocycles. The van der Waals surface area contributed by atoms with Crippen LogP contribution in [0.4, 0.5) is 45.2 Å². The summed E-state index contributed by atoms with van der Waals surface area (Å²) in [6.07, 6.45) is 0.803. The molecule has 0 radical (unpaired) electrons. The fourth-order valence-corrected chi connectivity index (χ4v) is 11.7. The Labute approximate surface area is 444 Å². The zero-order valence-corrected chi connectivity index (χ0v) is 46.5. The fraction of sp³-hybridized carbons (Fsp3) is 0.559. The van der Waals surface area contributed by atoms with Crippen LogP contribution in [0.25, 0.3) is 22.1 Å². The predicted octanol–water partition coefficient (Wildman–Crippen LogP) is 15.6. The molecule has 8 rings (SSSR count). The molecule has 4 atom stereocenters. The SMILES string of the molecule is COc1cc2c(cc1CCC(C)(C)O)nc(Nc1ccc(OC(C)(F)F)cc1)n2[C@H]1C[C@@H](C)CC(C)(C)C1.COc1cc2c(cc1CCC(C)(C)O)nc(Nc1ccc(OC(F)(F)F)cc1)n2[C@@H]1C[C@H](C)CC(C)(C)C1. The number of rotatable bonds is 17. The first-order chi connectivity index (χ1) is 35.2. The van der Waals surface area contributed by atoms with Crippen LogP contribution < -0.4 is 29.6 Å². The molecule has 17 heteroatoms. The third-order valence-electron chi connectivity index (χ3n) is 14.4. The molecule has 2 aromatic heterocycles. The van der Waals surface area contributed by atoms with Gasteiger partial charge in [-0.25, -0.2) is 9.97 Å². The zero-order valence-electron chi connectivity index (χ0n) is 46.5. The molecule has 2 heterocycles. The van der Waals surface area contributed by atoms with Crippen molar-refractivity contribution >= 4 is 45.3 Å². The van der Waals surface area contributed by atoms with Gasteiger partial charge >= 0.3 is 12.5 Å². The van der Waals surface area contributed by atoms with E-state index in [0.29, 0.717) is 55.1 Å². The van der Waals surface area contributed by atoms with Gasteiger partial charge in [0.1, 0.15) is 23.0 Å². The highest BCUT2D eigenvalue weighted by Gasteiger charge is 2.37. The molecule has 4 aromatic carbocycles.